The highest BCUT2D eigenvalue weighted by molar-refractivity contribution is 7.80. The van der Waals surface area contributed by atoms with Crippen molar-refractivity contribution in [2.24, 2.45) is 5.73 Å². The summed E-state index contributed by atoms with van der Waals surface area (Å²) in [6.45, 7) is 5.22. The predicted molar refractivity (Wildman–Crippen MR) is 79.0 cm³/mol. The second-order valence-electron chi connectivity index (χ2n) is 4.73. The van der Waals surface area contributed by atoms with E-state index in [9.17, 15) is 0 Å². The fraction of sp³-hybridized carbons (Fsp3) is 0.538. The molecule has 2 rings (SSSR count). The average molecular weight is 264 g/mol. The van der Waals surface area contributed by atoms with Crippen LogP contribution in [0.3, 0.4) is 0 Å². The lowest BCUT2D eigenvalue weighted by molar-refractivity contribution is 0.213. The third-order valence-electron chi connectivity index (χ3n) is 3.60. The Labute approximate surface area is 114 Å². The molecule has 1 fully saturated rings. The van der Waals surface area contributed by atoms with E-state index in [2.05, 4.69) is 28.8 Å². The fourth-order valence-electron chi connectivity index (χ4n) is 2.42. The number of hydrogen-bond donors (Lipinski definition) is 1. The molecule has 1 atom stereocenters. The van der Waals surface area contributed by atoms with Crippen LogP contribution in [0.25, 0.3) is 0 Å². The van der Waals surface area contributed by atoms with Gasteiger partial charge < -0.3 is 10.6 Å². The van der Waals surface area contributed by atoms with E-state index in [0.717, 1.165) is 37.4 Å². The summed E-state index contributed by atoms with van der Waals surface area (Å²) >= 11 is 5.10. The van der Waals surface area contributed by atoms with Gasteiger partial charge in [-0.3, -0.25) is 4.90 Å². The molecule has 0 spiro atoms. The monoisotopic (exact) mass is 264 g/mol. The smallest absolute Gasteiger partial charge is 0.138 e. The lowest BCUT2D eigenvalue weighted by Crippen LogP contribution is -2.51. The van der Waals surface area contributed by atoms with Gasteiger partial charge in [0.2, 0.25) is 0 Å². The molecule has 2 N–H and O–H groups in total. The van der Waals surface area contributed by atoms with E-state index in [1.54, 1.807) is 6.20 Å². The number of nitrogens with zero attached hydrogens (tertiary/aromatic N) is 3. The number of likely N-dealkylation sites (N-methyl/N-ethyl adjacent to an activating group) is 1. The zero-order valence-electron chi connectivity index (χ0n) is 11.0. The van der Waals surface area contributed by atoms with Gasteiger partial charge in [-0.05, 0) is 25.6 Å². The van der Waals surface area contributed by atoms with Gasteiger partial charge in [0.25, 0.3) is 0 Å². The molecule has 1 aliphatic rings. The second-order valence-corrected chi connectivity index (χ2v) is 5.17. The zero-order valence-corrected chi connectivity index (χ0v) is 11.8. The molecular formula is C13H20N4S. The molecule has 1 aromatic rings. The summed E-state index contributed by atoms with van der Waals surface area (Å²) < 4.78 is 0. The molecule has 0 saturated carbocycles. The Hall–Kier alpha value is -1.20. The molecule has 18 heavy (non-hydrogen) atoms. The molecule has 1 saturated heterocycles. The van der Waals surface area contributed by atoms with Gasteiger partial charge in [-0.2, -0.15) is 0 Å². The second kappa shape index (κ2) is 5.63. The molecule has 0 radical (unpaired) electrons. The van der Waals surface area contributed by atoms with Crippen LogP contribution in [0.1, 0.15) is 18.9 Å². The zero-order chi connectivity index (χ0) is 13.1. The lowest BCUT2D eigenvalue weighted by atomic mass is 10.1. The van der Waals surface area contributed by atoms with Crippen molar-refractivity contribution >= 4 is 23.0 Å². The Balaban J connectivity index is 2.24. The van der Waals surface area contributed by atoms with Gasteiger partial charge in [0, 0.05) is 31.9 Å². The van der Waals surface area contributed by atoms with E-state index in [1.165, 1.54) is 0 Å². The lowest BCUT2D eigenvalue weighted by Gasteiger charge is -2.40. The van der Waals surface area contributed by atoms with Crippen molar-refractivity contribution in [3.05, 3.63) is 23.9 Å². The molecule has 5 heteroatoms. The predicted octanol–water partition coefficient (Wildman–Crippen LogP) is 1.25. The molecule has 2 heterocycles. The summed E-state index contributed by atoms with van der Waals surface area (Å²) in [4.78, 5) is 9.58. The minimum atomic E-state index is 0.421. The van der Waals surface area contributed by atoms with Crippen molar-refractivity contribution < 1.29 is 0 Å². The highest BCUT2D eigenvalue weighted by Gasteiger charge is 2.25. The first kappa shape index (κ1) is 13.2. The van der Waals surface area contributed by atoms with Crippen LogP contribution in [0.15, 0.2) is 18.3 Å². The third kappa shape index (κ3) is 2.62. The van der Waals surface area contributed by atoms with E-state index < -0.39 is 0 Å². The van der Waals surface area contributed by atoms with Crippen LogP contribution >= 0.6 is 12.2 Å². The van der Waals surface area contributed by atoms with E-state index >= 15 is 0 Å². The van der Waals surface area contributed by atoms with Gasteiger partial charge in [-0.1, -0.05) is 19.1 Å². The minimum absolute atomic E-state index is 0.421. The molecule has 1 unspecified atom stereocenters. The normalized spacial score (nSPS) is 21.0. The van der Waals surface area contributed by atoms with Crippen LogP contribution in [0.5, 0.6) is 0 Å². The Morgan fingerprint density at radius 2 is 2.33 bits per heavy atom. The maximum Gasteiger partial charge on any atom is 0.138 e. The topological polar surface area (TPSA) is 45.4 Å². The maximum absolute atomic E-state index is 5.77. The number of pyridine rings is 1. The van der Waals surface area contributed by atoms with Crippen molar-refractivity contribution in [2.45, 2.75) is 19.4 Å². The molecule has 0 aromatic carbocycles. The molecule has 1 aromatic heterocycles. The number of nitrogens with two attached hydrogens (primary N) is 1. The molecule has 0 bridgehead atoms. The summed E-state index contributed by atoms with van der Waals surface area (Å²) in [6.07, 6.45) is 2.94. The summed E-state index contributed by atoms with van der Waals surface area (Å²) in [7, 11) is 2.18. The minimum Gasteiger partial charge on any atom is -0.389 e. The highest BCUT2D eigenvalue weighted by atomic mass is 32.1. The summed E-state index contributed by atoms with van der Waals surface area (Å²) in [5.41, 5.74) is 6.65. The van der Waals surface area contributed by atoms with Crippen molar-refractivity contribution in [3.63, 3.8) is 0 Å². The van der Waals surface area contributed by atoms with Crippen LogP contribution in [0.4, 0.5) is 5.82 Å². The number of rotatable bonds is 3. The van der Waals surface area contributed by atoms with Crippen LogP contribution in [-0.4, -0.2) is 47.6 Å². The Kier molecular flexibility index (Phi) is 4.14. The molecule has 0 aliphatic carbocycles. The Morgan fingerprint density at radius 3 is 3.00 bits per heavy atom. The van der Waals surface area contributed by atoms with Crippen LogP contribution < -0.4 is 10.6 Å². The van der Waals surface area contributed by atoms with Gasteiger partial charge in [0.1, 0.15) is 10.8 Å². The number of anilines is 1. The van der Waals surface area contributed by atoms with Gasteiger partial charge in [-0.15, -0.1) is 0 Å². The average Bonchev–Trinajstić information content (AvgIpc) is 2.39. The fourth-order valence-corrected chi connectivity index (χ4v) is 2.58. The van der Waals surface area contributed by atoms with Crippen LogP contribution in [0, 0.1) is 0 Å². The first-order valence-electron chi connectivity index (χ1n) is 6.33. The third-order valence-corrected chi connectivity index (χ3v) is 3.82. The summed E-state index contributed by atoms with van der Waals surface area (Å²) in [5.74, 6) is 0.927. The van der Waals surface area contributed by atoms with E-state index in [-0.39, 0.29) is 0 Å². The number of hydrogen-bond acceptors (Lipinski definition) is 4. The van der Waals surface area contributed by atoms with Crippen LogP contribution in [-0.2, 0) is 0 Å². The molecular weight excluding hydrogens is 244 g/mol. The first-order valence-corrected chi connectivity index (χ1v) is 6.74. The standard InChI is InChI=1S/C13H20N4S/c1-3-10-9-17(8-7-16(10)2)13-11(12(14)18)5-4-6-15-13/h4-6,10H,3,7-9H2,1-2H3,(H2,14,18). The van der Waals surface area contributed by atoms with E-state index in [4.69, 9.17) is 18.0 Å². The number of aromatic nitrogens is 1. The van der Waals surface area contributed by atoms with Crippen molar-refractivity contribution in [1.82, 2.24) is 9.88 Å². The van der Waals surface area contributed by atoms with Crippen molar-refractivity contribution in [3.8, 4) is 0 Å². The molecule has 98 valence electrons. The van der Waals surface area contributed by atoms with Crippen molar-refractivity contribution in [2.75, 3.05) is 31.6 Å². The summed E-state index contributed by atoms with van der Waals surface area (Å²) in [5, 5.41) is 0. The first-order chi connectivity index (χ1) is 8.63. The van der Waals surface area contributed by atoms with E-state index in [1.807, 2.05) is 12.1 Å². The number of thiocarbonyl (C=S) groups is 1. The quantitative estimate of drug-likeness (QED) is 0.832. The molecule has 4 nitrogen and oxygen atoms in total. The van der Waals surface area contributed by atoms with Gasteiger partial charge >= 0.3 is 0 Å². The van der Waals surface area contributed by atoms with Crippen molar-refractivity contribution in [1.29, 1.82) is 0 Å². The summed E-state index contributed by atoms with van der Waals surface area (Å²) in [6, 6.07) is 4.40. The molecule has 0 amide bonds. The van der Waals surface area contributed by atoms with Gasteiger partial charge in [-0.25, -0.2) is 4.98 Å². The Bertz CT molecular complexity index is 435. The molecule has 1 aliphatic heterocycles. The largest absolute Gasteiger partial charge is 0.389 e. The Morgan fingerprint density at radius 1 is 1.56 bits per heavy atom. The van der Waals surface area contributed by atoms with E-state index in [0.29, 0.717) is 11.0 Å². The highest BCUT2D eigenvalue weighted by Crippen LogP contribution is 2.21. The van der Waals surface area contributed by atoms with Crippen LogP contribution in [0.2, 0.25) is 0 Å². The van der Waals surface area contributed by atoms with Gasteiger partial charge in [0.15, 0.2) is 0 Å². The maximum atomic E-state index is 5.77. The SMILES string of the molecule is CCC1CN(c2ncccc2C(N)=S)CCN1C. The number of piperazine rings is 1. The van der Waals surface area contributed by atoms with Gasteiger partial charge in [0.05, 0.1) is 5.56 Å².